The van der Waals surface area contributed by atoms with Gasteiger partial charge in [-0.3, -0.25) is 20.2 Å². The van der Waals surface area contributed by atoms with Crippen LogP contribution < -0.4 is 15.4 Å². The van der Waals surface area contributed by atoms with E-state index in [1.54, 1.807) is 12.1 Å². The van der Waals surface area contributed by atoms with Gasteiger partial charge >= 0.3 is 11.9 Å². The Hall–Kier alpha value is -3.88. The van der Waals surface area contributed by atoms with Crippen molar-refractivity contribution in [1.82, 2.24) is 9.97 Å². The van der Waals surface area contributed by atoms with Crippen molar-refractivity contribution in [3.05, 3.63) is 51.5 Å². The molecule has 37 heavy (non-hydrogen) atoms. The molecule has 14 heteroatoms. The van der Waals surface area contributed by atoms with E-state index in [1.807, 2.05) is 13.8 Å². The Morgan fingerprint density at radius 3 is 2.03 bits per heavy atom. The highest BCUT2D eigenvalue weighted by Gasteiger charge is 2.31. The van der Waals surface area contributed by atoms with Gasteiger partial charge in [0.25, 0.3) is 11.8 Å². The number of carbonyl (C=O) groups is 4. The lowest BCUT2D eigenvalue weighted by Gasteiger charge is -2.25. The van der Waals surface area contributed by atoms with Crippen molar-refractivity contribution in [3.8, 4) is 5.75 Å². The Bertz CT molecular complexity index is 1330. The van der Waals surface area contributed by atoms with Gasteiger partial charge in [0.05, 0.1) is 25.1 Å². The first-order valence-corrected chi connectivity index (χ1v) is 12.4. The topological polar surface area (TPSA) is 177 Å². The van der Waals surface area contributed by atoms with Gasteiger partial charge in [0.2, 0.25) is 0 Å². The average molecular weight is 549 g/mol. The standard InChI is InChI=1S/C23H24N4O8S2/c1-11(2)34-10-12-5-13(17(28)26-21-24-8-15(36-21)18(29)30)7-14(6-12)35-23(3,4)20(33)27-22-25-9-16(37-22)19(31)32/h5-9,11H,10H2,1-4H3,(H,29,30)(H,31,32)(H,24,26,28)(H,25,27,33). The number of carboxylic acids is 2. The van der Waals surface area contributed by atoms with Crippen LogP contribution in [0.5, 0.6) is 5.75 Å². The molecule has 0 bridgehead atoms. The summed E-state index contributed by atoms with van der Waals surface area (Å²) in [5, 5.41) is 23.4. The van der Waals surface area contributed by atoms with Crippen LogP contribution in [0.1, 0.15) is 63.0 Å². The van der Waals surface area contributed by atoms with Crippen molar-refractivity contribution in [1.29, 1.82) is 0 Å². The van der Waals surface area contributed by atoms with E-state index in [0.29, 0.717) is 5.56 Å². The number of ether oxygens (including phenoxy) is 2. The molecular formula is C23H24N4O8S2. The quantitative estimate of drug-likeness (QED) is 0.274. The minimum absolute atomic E-state index is 0.0260. The normalized spacial score (nSPS) is 11.3. The number of nitrogens with one attached hydrogen (secondary N) is 2. The Balaban J connectivity index is 1.82. The number of aromatic nitrogens is 2. The second-order valence-electron chi connectivity index (χ2n) is 8.42. The second kappa shape index (κ2) is 11.5. The van der Waals surface area contributed by atoms with Gasteiger partial charge in [-0.25, -0.2) is 19.6 Å². The van der Waals surface area contributed by atoms with E-state index in [1.165, 1.54) is 19.9 Å². The Kier molecular flexibility index (Phi) is 8.57. The molecule has 0 aliphatic heterocycles. The summed E-state index contributed by atoms with van der Waals surface area (Å²) in [6, 6.07) is 4.65. The number of anilines is 2. The van der Waals surface area contributed by atoms with Crippen molar-refractivity contribution in [3.63, 3.8) is 0 Å². The molecule has 0 fully saturated rings. The van der Waals surface area contributed by atoms with Crippen LogP contribution in [0.25, 0.3) is 0 Å². The number of thiazole rings is 2. The number of amides is 2. The maximum Gasteiger partial charge on any atom is 0.347 e. The van der Waals surface area contributed by atoms with Crippen LogP contribution in [0.4, 0.5) is 10.3 Å². The third-order valence-electron chi connectivity index (χ3n) is 4.61. The molecule has 0 unspecified atom stereocenters. The van der Waals surface area contributed by atoms with Crippen LogP contribution in [0.2, 0.25) is 0 Å². The van der Waals surface area contributed by atoms with E-state index in [2.05, 4.69) is 20.6 Å². The van der Waals surface area contributed by atoms with E-state index in [4.69, 9.17) is 19.7 Å². The minimum Gasteiger partial charge on any atom is -0.478 e. The van der Waals surface area contributed by atoms with Crippen LogP contribution >= 0.6 is 22.7 Å². The molecular weight excluding hydrogens is 524 g/mol. The maximum atomic E-state index is 12.9. The van der Waals surface area contributed by atoms with Gasteiger partial charge in [-0.2, -0.15) is 0 Å². The fraction of sp³-hybridized carbons (Fsp3) is 0.304. The highest BCUT2D eigenvalue weighted by molar-refractivity contribution is 7.17. The lowest BCUT2D eigenvalue weighted by Crippen LogP contribution is -2.42. The lowest BCUT2D eigenvalue weighted by molar-refractivity contribution is -0.128. The summed E-state index contributed by atoms with van der Waals surface area (Å²) in [5.74, 6) is -3.26. The third-order valence-corrected chi connectivity index (χ3v) is 6.41. The molecule has 2 heterocycles. The van der Waals surface area contributed by atoms with E-state index >= 15 is 0 Å². The molecule has 0 aliphatic rings. The SMILES string of the molecule is CC(C)OCc1cc(OC(C)(C)C(=O)Nc2ncc(C(=O)O)s2)cc(C(=O)Nc2ncc(C(=O)O)s2)c1. The van der Waals surface area contributed by atoms with E-state index < -0.39 is 29.4 Å². The summed E-state index contributed by atoms with van der Waals surface area (Å²) in [4.78, 5) is 55.6. The number of benzene rings is 1. The van der Waals surface area contributed by atoms with Crippen molar-refractivity contribution < 1.29 is 38.9 Å². The third kappa shape index (κ3) is 7.55. The van der Waals surface area contributed by atoms with Gasteiger partial charge in [0, 0.05) is 5.56 Å². The summed E-state index contributed by atoms with van der Waals surface area (Å²) in [7, 11) is 0. The first-order valence-electron chi connectivity index (χ1n) is 10.8. The monoisotopic (exact) mass is 548 g/mol. The predicted octanol–water partition coefficient (Wildman–Crippen LogP) is 3.97. The summed E-state index contributed by atoms with van der Waals surface area (Å²) < 4.78 is 11.6. The molecule has 1 aromatic carbocycles. The molecule has 0 radical (unpaired) electrons. The van der Waals surface area contributed by atoms with Crippen molar-refractivity contribution >= 4 is 56.7 Å². The molecule has 3 aromatic rings. The molecule has 2 amide bonds. The molecule has 0 spiro atoms. The first-order chi connectivity index (χ1) is 17.3. The van der Waals surface area contributed by atoms with E-state index in [-0.39, 0.29) is 44.0 Å². The van der Waals surface area contributed by atoms with Crippen molar-refractivity contribution in [2.75, 3.05) is 10.6 Å². The van der Waals surface area contributed by atoms with Crippen LogP contribution in [0.15, 0.2) is 30.6 Å². The van der Waals surface area contributed by atoms with Crippen molar-refractivity contribution in [2.24, 2.45) is 0 Å². The Morgan fingerprint density at radius 2 is 1.51 bits per heavy atom. The fourth-order valence-corrected chi connectivity index (χ4v) is 4.12. The number of aromatic carboxylic acids is 2. The molecule has 12 nitrogen and oxygen atoms in total. The second-order valence-corrected chi connectivity index (χ2v) is 10.5. The zero-order valence-electron chi connectivity index (χ0n) is 20.2. The zero-order valence-corrected chi connectivity index (χ0v) is 21.9. The molecule has 196 valence electrons. The summed E-state index contributed by atoms with van der Waals surface area (Å²) >= 11 is 1.62. The molecule has 3 rings (SSSR count). The molecule has 0 atom stereocenters. The smallest absolute Gasteiger partial charge is 0.347 e. The molecule has 0 saturated carbocycles. The highest BCUT2D eigenvalue weighted by Crippen LogP contribution is 2.26. The largest absolute Gasteiger partial charge is 0.478 e. The highest BCUT2D eigenvalue weighted by atomic mass is 32.1. The fourth-order valence-electron chi connectivity index (χ4n) is 2.82. The van der Waals surface area contributed by atoms with Gasteiger partial charge in [-0.1, -0.05) is 22.7 Å². The van der Waals surface area contributed by atoms with Gasteiger partial charge in [0.15, 0.2) is 15.9 Å². The van der Waals surface area contributed by atoms with Crippen molar-refractivity contribution in [2.45, 2.75) is 46.0 Å². The molecule has 0 saturated heterocycles. The van der Waals surface area contributed by atoms with Crippen LogP contribution in [-0.4, -0.2) is 55.6 Å². The zero-order chi connectivity index (χ0) is 27.3. The Morgan fingerprint density at radius 1 is 0.946 bits per heavy atom. The molecule has 2 aromatic heterocycles. The number of carbonyl (C=O) groups excluding carboxylic acids is 2. The first kappa shape index (κ1) is 27.7. The molecule has 4 N–H and O–H groups in total. The van der Waals surface area contributed by atoms with E-state index in [0.717, 1.165) is 35.1 Å². The van der Waals surface area contributed by atoms with Gasteiger partial charge in [-0.15, -0.1) is 0 Å². The number of nitrogens with zero attached hydrogens (tertiary/aromatic N) is 2. The summed E-state index contributed by atoms with van der Waals surface area (Å²) in [6.45, 7) is 6.90. The van der Waals surface area contributed by atoms with Gasteiger partial charge < -0.3 is 19.7 Å². The van der Waals surface area contributed by atoms with Crippen LogP contribution in [-0.2, 0) is 16.1 Å². The number of carboxylic acid groups (broad SMARTS) is 2. The summed E-state index contributed by atoms with van der Waals surface area (Å²) in [6.07, 6.45) is 2.21. The lowest BCUT2D eigenvalue weighted by atomic mass is 10.1. The number of rotatable bonds is 11. The number of hydrogen-bond donors (Lipinski definition) is 4. The predicted molar refractivity (Wildman–Crippen MR) is 136 cm³/mol. The van der Waals surface area contributed by atoms with Gasteiger partial charge in [-0.05, 0) is 51.5 Å². The minimum atomic E-state index is -1.44. The maximum absolute atomic E-state index is 12.9. The summed E-state index contributed by atoms with van der Waals surface area (Å²) in [5.41, 5.74) is -0.662. The number of hydrogen-bond acceptors (Lipinski definition) is 10. The molecule has 0 aliphatic carbocycles. The van der Waals surface area contributed by atoms with Crippen LogP contribution in [0, 0.1) is 0 Å². The van der Waals surface area contributed by atoms with Crippen LogP contribution in [0.3, 0.4) is 0 Å². The van der Waals surface area contributed by atoms with Gasteiger partial charge in [0.1, 0.15) is 15.5 Å². The van der Waals surface area contributed by atoms with E-state index in [9.17, 15) is 19.2 Å². The Labute approximate surface area is 219 Å². The average Bonchev–Trinajstić information content (AvgIpc) is 3.47.